The summed E-state index contributed by atoms with van der Waals surface area (Å²) in [6.45, 7) is 0.776. The van der Waals surface area contributed by atoms with Crippen LogP contribution in [0.3, 0.4) is 0 Å². The summed E-state index contributed by atoms with van der Waals surface area (Å²) in [5, 5.41) is 19.3. The molecule has 0 amide bonds. The number of non-ortho nitro benzene ring substituents is 1. The second-order valence-corrected chi connectivity index (χ2v) is 5.38. The van der Waals surface area contributed by atoms with E-state index in [-0.39, 0.29) is 5.69 Å². The highest BCUT2D eigenvalue weighted by molar-refractivity contribution is 7.07. The number of benzene rings is 1. The minimum absolute atomic E-state index is 0.0361. The summed E-state index contributed by atoms with van der Waals surface area (Å²) in [6, 6.07) is 8.98. The maximum absolute atomic E-state index is 11.0. The van der Waals surface area contributed by atoms with Crippen molar-refractivity contribution in [3.63, 3.8) is 0 Å². The van der Waals surface area contributed by atoms with Crippen molar-refractivity contribution in [2.75, 3.05) is 11.9 Å². The summed E-state index contributed by atoms with van der Waals surface area (Å²) < 4.78 is 0. The Bertz CT molecular complexity index is 772. The molecule has 0 saturated carbocycles. The second-order valence-electron chi connectivity index (χ2n) is 4.60. The first-order chi connectivity index (χ1) is 10.3. The molecule has 0 fully saturated rings. The zero-order chi connectivity index (χ0) is 14.7. The molecule has 106 valence electrons. The average molecular weight is 299 g/mol. The molecule has 21 heavy (non-hydrogen) atoms. The molecule has 0 bridgehead atoms. The molecule has 0 radical (unpaired) electrons. The molecule has 2 heterocycles. The van der Waals surface area contributed by atoms with Crippen LogP contribution in [0.15, 0.2) is 47.3 Å². The van der Waals surface area contributed by atoms with Gasteiger partial charge in [0.05, 0.1) is 4.92 Å². The van der Waals surface area contributed by atoms with Crippen molar-refractivity contribution >= 4 is 33.6 Å². The topological polar surface area (TPSA) is 68.1 Å². The van der Waals surface area contributed by atoms with Gasteiger partial charge in [-0.1, -0.05) is 0 Å². The quantitative estimate of drug-likeness (QED) is 0.574. The number of rotatable bonds is 5. The summed E-state index contributed by atoms with van der Waals surface area (Å²) in [6.07, 6.45) is 2.49. The number of anilines is 1. The van der Waals surface area contributed by atoms with Gasteiger partial charge in [0.15, 0.2) is 0 Å². The smallest absolute Gasteiger partial charge is 0.295 e. The van der Waals surface area contributed by atoms with Crippen LogP contribution in [0.4, 0.5) is 11.4 Å². The van der Waals surface area contributed by atoms with Crippen molar-refractivity contribution < 1.29 is 4.92 Å². The van der Waals surface area contributed by atoms with Crippen molar-refractivity contribution in [1.82, 2.24) is 4.98 Å². The number of nitrogens with one attached hydrogen (secondary N) is 1. The third kappa shape index (κ3) is 2.85. The minimum atomic E-state index is -0.398. The first kappa shape index (κ1) is 13.5. The molecule has 1 N–H and O–H groups in total. The van der Waals surface area contributed by atoms with E-state index in [9.17, 15) is 10.1 Å². The highest BCUT2D eigenvalue weighted by Crippen LogP contribution is 2.29. The number of thiophene rings is 1. The average Bonchev–Trinajstić information content (AvgIpc) is 3.00. The van der Waals surface area contributed by atoms with Gasteiger partial charge < -0.3 is 5.32 Å². The van der Waals surface area contributed by atoms with Crippen LogP contribution >= 0.6 is 11.3 Å². The molecule has 0 aliphatic rings. The van der Waals surface area contributed by atoms with Gasteiger partial charge >= 0.3 is 0 Å². The summed E-state index contributed by atoms with van der Waals surface area (Å²) >= 11 is 1.68. The van der Waals surface area contributed by atoms with Crippen LogP contribution in [0.5, 0.6) is 0 Å². The highest BCUT2D eigenvalue weighted by Gasteiger charge is 2.14. The molecule has 5 nitrogen and oxygen atoms in total. The lowest BCUT2D eigenvalue weighted by molar-refractivity contribution is -0.383. The predicted molar refractivity (Wildman–Crippen MR) is 84.9 cm³/mol. The number of pyridine rings is 1. The van der Waals surface area contributed by atoms with E-state index < -0.39 is 4.92 Å². The first-order valence-corrected chi connectivity index (χ1v) is 7.47. The van der Waals surface area contributed by atoms with Crippen molar-refractivity contribution in [3.05, 3.63) is 63.0 Å². The molecular weight excluding hydrogens is 286 g/mol. The molecule has 0 saturated heterocycles. The highest BCUT2D eigenvalue weighted by atomic mass is 32.1. The Kier molecular flexibility index (Phi) is 3.79. The fourth-order valence-corrected chi connectivity index (χ4v) is 2.94. The standard InChI is InChI=1S/C15H13N3O2S/c19-18(20)14-4-3-13(12-2-1-7-17-15(12)14)16-8-5-11-6-9-21-10-11/h1-4,6-7,9-10,16H,5,8H2. The van der Waals surface area contributed by atoms with Crippen molar-refractivity contribution in [3.8, 4) is 0 Å². The first-order valence-electron chi connectivity index (χ1n) is 6.53. The lowest BCUT2D eigenvalue weighted by Crippen LogP contribution is -2.05. The van der Waals surface area contributed by atoms with Gasteiger partial charge in [-0.25, -0.2) is 4.98 Å². The molecule has 3 aromatic rings. The van der Waals surface area contributed by atoms with Gasteiger partial charge in [-0.3, -0.25) is 10.1 Å². The van der Waals surface area contributed by atoms with E-state index in [0.717, 1.165) is 24.0 Å². The normalized spacial score (nSPS) is 10.7. The van der Waals surface area contributed by atoms with Crippen LogP contribution in [0.2, 0.25) is 0 Å². The number of hydrogen-bond donors (Lipinski definition) is 1. The maximum Gasteiger partial charge on any atom is 0.295 e. The minimum Gasteiger partial charge on any atom is -0.384 e. The SMILES string of the molecule is O=[N+]([O-])c1ccc(NCCc2ccsc2)c2cccnc12. The van der Waals surface area contributed by atoms with Crippen LogP contribution in [-0.4, -0.2) is 16.5 Å². The molecular formula is C15H13N3O2S. The molecule has 0 aliphatic carbocycles. The van der Waals surface area contributed by atoms with E-state index in [2.05, 4.69) is 27.1 Å². The molecule has 1 aromatic carbocycles. The van der Waals surface area contributed by atoms with Gasteiger partial charge in [0.25, 0.3) is 5.69 Å². The van der Waals surface area contributed by atoms with Crippen LogP contribution < -0.4 is 5.32 Å². The van der Waals surface area contributed by atoms with E-state index in [0.29, 0.717) is 5.52 Å². The molecule has 6 heteroatoms. The monoisotopic (exact) mass is 299 g/mol. The molecule has 3 rings (SSSR count). The van der Waals surface area contributed by atoms with Gasteiger partial charge in [0.2, 0.25) is 0 Å². The fraction of sp³-hybridized carbons (Fsp3) is 0.133. The molecule has 0 unspecified atom stereocenters. The zero-order valence-electron chi connectivity index (χ0n) is 11.2. The van der Waals surface area contributed by atoms with Crippen molar-refractivity contribution in [2.24, 2.45) is 0 Å². The van der Waals surface area contributed by atoms with E-state index in [1.807, 2.05) is 6.07 Å². The Hall–Kier alpha value is -2.47. The Morgan fingerprint density at radius 3 is 2.95 bits per heavy atom. The Labute approximate surface area is 125 Å². The molecule has 0 atom stereocenters. The number of nitro groups is 1. The predicted octanol–water partition coefficient (Wildman–Crippen LogP) is 3.86. The summed E-state index contributed by atoms with van der Waals surface area (Å²) in [5.41, 5.74) is 2.62. The number of nitro benzene ring substituents is 1. The van der Waals surface area contributed by atoms with Crippen LogP contribution in [0.1, 0.15) is 5.56 Å². The summed E-state index contributed by atoms with van der Waals surface area (Å²) in [5.74, 6) is 0. The van der Waals surface area contributed by atoms with E-state index in [1.165, 1.54) is 11.6 Å². The lowest BCUT2D eigenvalue weighted by atomic mass is 10.1. The third-order valence-corrected chi connectivity index (χ3v) is 3.99. The zero-order valence-corrected chi connectivity index (χ0v) is 12.0. The van der Waals surface area contributed by atoms with Gasteiger partial charge in [-0.05, 0) is 47.0 Å². The van der Waals surface area contributed by atoms with Crippen LogP contribution in [0.25, 0.3) is 10.9 Å². The number of hydrogen-bond acceptors (Lipinski definition) is 5. The van der Waals surface area contributed by atoms with Gasteiger partial charge in [0.1, 0.15) is 5.52 Å². The van der Waals surface area contributed by atoms with Gasteiger partial charge in [-0.15, -0.1) is 0 Å². The van der Waals surface area contributed by atoms with E-state index in [1.54, 1.807) is 29.7 Å². The van der Waals surface area contributed by atoms with E-state index >= 15 is 0 Å². The molecule has 0 aliphatic heterocycles. The van der Waals surface area contributed by atoms with E-state index in [4.69, 9.17) is 0 Å². The van der Waals surface area contributed by atoms with Crippen LogP contribution in [0, 0.1) is 10.1 Å². The fourth-order valence-electron chi connectivity index (χ4n) is 2.24. The van der Waals surface area contributed by atoms with Gasteiger partial charge in [0, 0.05) is 29.9 Å². The Morgan fingerprint density at radius 1 is 1.29 bits per heavy atom. The Balaban J connectivity index is 1.85. The number of fused-ring (bicyclic) bond motifs is 1. The Morgan fingerprint density at radius 2 is 2.19 bits per heavy atom. The van der Waals surface area contributed by atoms with Crippen molar-refractivity contribution in [1.29, 1.82) is 0 Å². The second kappa shape index (κ2) is 5.88. The summed E-state index contributed by atoms with van der Waals surface area (Å²) in [7, 11) is 0. The summed E-state index contributed by atoms with van der Waals surface area (Å²) in [4.78, 5) is 14.8. The maximum atomic E-state index is 11.0. The van der Waals surface area contributed by atoms with Crippen LogP contribution in [-0.2, 0) is 6.42 Å². The number of nitrogens with zero attached hydrogens (tertiary/aromatic N) is 2. The lowest BCUT2D eigenvalue weighted by Gasteiger charge is -2.09. The van der Waals surface area contributed by atoms with Crippen molar-refractivity contribution in [2.45, 2.75) is 6.42 Å². The molecule has 0 spiro atoms. The largest absolute Gasteiger partial charge is 0.384 e. The third-order valence-electron chi connectivity index (χ3n) is 3.25. The number of aromatic nitrogens is 1. The van der Waals surface area contributed by atoms with Gasteiger partial charge in [-0.2, -0.15) is 11.3 Å². The molecule has 2 aromatic heterocycles.